The van der Waals surface area contributed by atoms with Crippen molar-refractivity contribution in [3.05, 3.63) is 51.8 Å². The molecule has 0 fully saturated rings. The van der Waals surface area contributed by atoms with Crippen LogP contribution in [0.25, 0.3) is 0 Å². The molecule has 104 valence electrons. The second-order valence-corrected chi connectivity index (χ2v) is 5.33. The number of hydrogen-bond donors (Lipinski definition) is 2. The lowest BCUT2D eigenvalue weighted by molar-refractivity contribution is 0.0695. The monoisotopic (exact) mass is 335 g/mol. The molecule has 1 unspecified atom stereocenters. The van der Waals surface area contributed by atoms with Crippen LogP contribution in [0.4, 0.5) is 5.95 Å². The molecule has 1 atom stereocenters. The van der Waals surface area contributed by atoms with E-state index in [9.17, 15) is 4.79 Å². The summed E-state index contributed by atoms with van der Waals surface area (Å²) in [6.07, 6.45) is 1.32. The van der Waals surface area contributed by atoms with Gasteiger partial charge in [-0.2, -0.15) is 0 Å². The van der Waals surface area contributed by atoms with Crippen molar-refractivity contribution in [3.8, 4) is 0 Å². The summed E-state index contributed by atoms with van der Waals surface area (Å²) in [6, 6.07) is 7.96. The summed E-state index contributed by atoms with van der Waals surface area (Å²) in [4.78, 5) is 19.1. The number of halogens is 1. The maximum absolute atomic E-state index is 10.9. The summed E-state index contributed by atoms with van der Waals surface area (Å²) < 4.78 is 1.02. The fraction of sp³-hybridized carbons (Fsp3) is 0.214. The fourth-order valence-electron chi connectivity index (χ4n) is 1.78. The molecule has 0 spiro atoms. The van der Waals surface area contributed by atoms with E-state index in [0.29, 0.717) is 11.6 Å². The summed E-state index contributed by atoms with van der Waals surface area (Å²) in [5, 5.41) is 12.1. The van der Waals surface area contributed by atoms with E-state index in [1.54, 1.807) is 6.92 Å². The van der Waals surface area contributed by atoms with E-state index < -0.39 is 5.97 Å². The third kappa shape index (κ3) is 3.33. The lowest BCUT2D eigenvalue weighted by atomic mass is 10.1. The third-order valence-electron chi connectivity index (χ3n) is 2.93. The van der Waals surface area contributed by atoms with Crippen LogP contribution in [0.1, 0.15) is 34.6 Å². The molecule has 1 aromatic carbocycles. The standard InChI is InChI=1S/C14H14BrN3O2/c1-8(10-3-5-11(15)6-4-10)17-14-16-7-12(13(19)20)9(2)18-14/h3-8H,1-2H3,(H,19,20)(H,16,17,18). The number of carboxylic acid groups (broad SMARTS) is 1. The summed E-state index contributed by atoms with van der Waals surface area (Å²) in [7, 11) is 0. The molecular weight excluding hydrogens is 322 g/mol. The third-order valence-corrected chi connectivity index (χ3v) is 3.45. The number of aromatic nitrogens is 2. The lowest BCUT2D eigenvalue weighted by Crippen LogP contribution is -2.11. The smallest absolute Gasteiger partial charge is 0.339 e. The normalized spacial score (nSPS) is 11.9. The Balaban J connectivity index is 2.15. The number of nitrogens with one attached hydrogen (secondary N) is 1. The van der Waals surface area contributed by atoms with Crippen molar-refractivity contribution in [1.82, 2.24) is 9.97 Å². The van der Waals surface area contributed by atoms with E-state index in [2.05, 4.69) is 31.2 Å². The second kappa shape index (κ2) is 6.00. The van der Waals surface area contributed by atoms with E-state index in [1.807, 2.05) is 31.2 Å². The molecule has 0 amide bonds. The van der Waals surface area contributed by atoms with Gasteiger partial charge < -0.3 is 10.4 Å². The van der Waals surface area contributed by atoms with E-state index in [1.165, 1.54) is 6.20 Å². The van der Waals surface area contributed by atoms with Crippen LogP contribution in [0.5, 0.6) is 0 Å². The van der Waals surface area contributed by atoms with Gasteiger partial charge in [-0.25, -0.2) is 14.8 Å². The van der Waals surface area contributed by atoms with Gasteiger partial charge in [0.2, 0.25) is 5.95 Å². The number of benzene rings is 1. The number of hydrogen-bond acceptors (Lipinski definition) is 4. The van der Waals surface area contributed by atoms with Gasteiger partial charge in [-0.3, -0.25) is 0 Å². The Labute approximate surface area is 125 Å². The van der Waals surface area contributed by atoms with Crippen LogP contribution in [0.3, 0.4) is 0 Å². The molecule has 5 nitrogen and oxygen atoms in total. The number of aromatic carboxylic acids is 1. The Kier molecular flexibility index (Phi) is 4.34. The Morgan fingerprint density at radius 1 is 1.35 bits per heavy atom. The van der Waals surface area contributed by atoms with Gasteiger partial charge in [-0.1, -0.05) is 28.1 Å². The van der Waals surface area contributed by atoms with E-state index in [0.717, 1.165) is 10.0 Å². The van der Waals surface area contributed by atoms with Crippen molar-refractivity contribution in [2.45, 2.75) is 19.9 Å². The van der Waals surface area contributed by atoms with Gasteiger partial charge in [-0.05, 0) is 31.5 Å². The van der Waals surface area contributed by atoms with Crippen molar-refractivity contribution in [3.63, 3.8) is 0 Å². The summed E-state index contributed by atoms with van der Waals surface area (Å²) in [5.74, 6) is -0.599. The van der Waals surface area contributed by atoms with Crippen molar-refractivity contribution in [2.75, 3.05) is 5.32 Å². The highest BCUT2D eigenvalue weighted by atomic mass is 79.9. The zero-order valence-corrected chi connectivity index (χ0v) is 12.7. The number of carboxylic acids is 1. The van der Waals surface area contributed by atoms with Gasteiger partial charge in [0.1, 0.15) is 0 Å². The second-order valence-electron chi connectivity index (χ2n) is 4.42. The molecule has 0 bridgehead atoms. The number of nitrogens with zero attached hydrogens (tertiary/aromatic N) is 2. The Morgan fingerprint density at radius 3 is 2.55 bits per heavy atom. The summed E-state index contributed by atoms with van der Waals surface area (Å²) >= 11 is 3.39. The average Bonchev–Trinajstić information content (AvgIpc) is 2.39. The topological polar surface area (TPSA) is 75.1 Å². The van der Waals surface area contributed by atoms with E-state index in [4.69, 9.17) is 5.11 Å². The molecule has 1 heterocycles. The van der Waals surface area contributed by atoms with Gasteiger partial charge in [0, 0.05) is 10.7 Å². The average molecular weight is 336 g/mol. The van der Waals surface area contributed by atoms with Crippen LogP contribution in [-0.4, -0.2) is 21.0 Å². The van der Waals surface area contributed by atoms with Gasteiger partial charge in [0.15, 0.2) is 0 Å². The molecule has 2 N–H and O–H groups in total. The van der Waals surface area contributed by atoms with Crippen molar-refractivity contribution >= 4 is 27.8 Å². The van der Waals surface area contributed by atoms with Crippen molar-refractivity contribution in [2.24, 2.45) is 0 Å². The zero-order chi connectivity index (χ0) is 14.7. The van der Waals surface area contributed by atoms with E-state index >= 15 is 0 Å². The first-order chi connectivity index (χ1) is 9.47. The minimum Gasteiger partial charge on any atom is -0.478 e. The highest BCUT2D eigenvalue weighted by Gasteiger charge is 2.12. The maximum Gasteiger partial charge on any atom is 0.339 e. The molecule has 0 aliphatic rings. The van der Waals surface area contributed by atoms with Crippen LogP contribution in [0.15, 0.2) is 34.9 Å². The molecule has 0 aliphatic heterocycles. The SMILES string of the molecule is Cc1nc(NC(C)c2ccc(Br)cc2)ncc1C(=O)O. The van der Waals surface area contributed by atoms with Crippen molar-refractivity contribution in [1.29, 1.82) is 0 Å². The molecule has 2 rings (SSSR count). The quantitative estimate of drug-likeness (QED) is 0.895. The molecule has 0 aliphatic carbocycles. The number of anilines is 1. The summed E-state index contributed by atoms with van der Waals surface area (Å²) in [5.41, 5.74) is 1.65. The van der Waals surface area contributed by atoms with Gasteiger partial charge >= 0.3 is 5.97 Å². The lowest BCUT2D eigenvalue weighted by Gasteiger charge is -2.14. The number of carbonyl (C=O) groups is 1. The first-order valence-corrected chi connectivity index (χ1v) is 6.85. The highest BCUT2D eigenvalue weighted by molar-refractivity contribution is 9.10. The molecule has 2 aromatic rings. The van der Waals surface area contributed by atoms with Crippen molar-refractivity contribution < 1.29 is 9.90 Å². The molecule has 0 radical (unpaired) electrons. The van der Waals surface area contributed by atoms with Crippen LogP contribution in [0.2, 0.25) is 0 Å². The minimum absolute atomic E-state index is 0.0261. The predicted molar refractivity (Wildman–Crippen MR) is 79.9 cm³/mol. The summed E-state index contributed by atoms with van der Waals surface area (Å²) in [6.45, 7) is 3.65. The predicted octanol–water partition coefficient (Wildman–Crippen LogP) is 3.42. The zero-order valence-electron chi connectivity index (χ0n) is 11.1. The molecule has 0 saturated heterocycles. The van der Waals surface area contributed by atoms with E-state index in [-0.39, 0.29) is 11.6 Å². The Morgan fingerprint density at radius 2 is 2.00 bits per heavy atom. The van der Waals surface area contributed by atoms with Gasteiger partial charge in [0.25, 0.3) is 0 Å². The molecular formula is C14H14BrN3O2. The Hall–Kier alpha value is -1.95. The first-order valence-electron chi connectivity index (χ1n) is 6.06. The first kappa shape index (κ1) is 14.5. The van der Waals surface area contributed by atoms with Gasteiger partial charge in [-0.15, -0.1) is 0 Å². The number of aryl methyl sites for hydroxylation is 1. The van der Waals surface area contributed by atoms with Crippen LogP contribution >= 0.6 is 15.9 Å². The number of rotatable bonds is 4. The molecule has 0 saturated carbocycles. The minimum atomic E-state index is -1.02. The van der Waals surface area contributed by atoms with Crippen LogP contribution in [-0.2, 0) is 0 Å². The van der Waals surface area contributed by atoms with Gasteiger partial charge in [0.05, 0.1) is 17.3 Å². The Bertz CT molecular complexity index is 629. The fourth-order valence-corrected chi connectivity index (χ4v) is 2.04. The van der Waals surface area contributed by atoms with Crippen LogP contribution < -0.4 is 5.32 Å². The molecule has 20 heavy (non-hydrogen) atoms. The molecule has 6 heteroatoms. The highest BCUT2D eigenvalue weighted by Crippen LogP contribution is 2.19. The van der Waals surface area contributed by atoms with Crippen LogP contribution in [0, 0.1) is 6.92 Å². The largest absolute Gasteiger partial charge is 0.478 e. The maximum atomic E-state index is 10.9. The molecule has 1 aromatic heterocycles.